The summed E-state index contributed by atoms with van der Waals surface area (Å²) in [6.07, 6.45) is 2.96. The lowest BCUT2D eigenvalue weighted by atomic mass is 9.90. The van der Waals surface area contributed by atoms with E-state index in [-0.39, 0.29) is 24.0 Å². The molecule has 224 valence electrons. The molecule has 0 N–H and O–H groups in total. The molecule has 0 aliphatic carbocycles. The minimum Gasteiger partial charge on any atom is -0.444 e. The maximum absolute atomic E-state index is 14.2. The van der Waals surface area contributed by atoms with Gasteiger partial charge in [0.25, 0.3) is 5.91 Å². The van der Waals surface area contributed by atoms with Crippen molar-refractivity contribution in [3.8, 4) is 5.69 Å². The fourth-order valence-corrected chi connectivity index (χ4v) is 6.14. The second kappa shape index (κ2) is 11.8. The summed E-state index contributed by atoms with van der Waals surface area (Å²) in [5, 5.41) is 4.80. The van der Waals surface area contributed by atoms with E-state index in [2.05, 4.69) is 75.1 Å². The van der Waals surface area contributed by atoms with Crippen LogP contribution in [0.2, 0.25) is 0 Å². The number of hydrogen-bond acceptors (Lipinski definition) is 5. The molecule has 0 unspecified atom stereocenters. The number of carbonyl (C=O) groups is 2. The van der Waals surface area contributed by atoms with E-state index in [1.165, 1.54) is 22.4 Å². The molecule has 1 aromatic heterocycles. The van der Waals surface area contributed by atoms with Crippen molar-refractivity contribution in [3.63, 3.8) is 0 Å². The highest BCUT2D eigenvalue weighted by Crippen LogP contribution is 2.34. The average Bonchev–Trinajstić information content (AvgIpc) is 3.38. The molecule has 0 bridgehead atoms. The van der Waals surface area contributed by atoms with Crippen LogP contribution in [0.15, 0.2) is 48.7 Å². The van der Waals surface area contributed by atoms with Crippen molar-refractivity contribution < 1.29 is 14.3 Å². The molecule has 42 heavy (non-hydrogen) atoms. The quantitative estimate of drug-likeness (QED) is 0.370. The molecule has 1 atom stereocenters. The lowest BCUT2D eigenvalue weighted by Gasteiger charge is -2.41. The van der Waals surface area contributed by atoms with Crippen LogP contribution in [0.25, 0.3) is 5.69 Å². The first-order valence-corrected chi connectivity index (χ1v) is 15.2. The molecule has 2 aromatic carbocycles. The van der Waals surface area contributed by atoms with Gasteiger partial charge in [-0.1, -0.05) is 18.2 Å². The molecule has 0 spiro atoms. The molecule has 0 saturated carbocycles. The zero-order valence-corrected chi connectivity index (χ0v) is 26.2. The van der Waals surface area contributed by atoms with Gasteiger partial charge in [0.15, 0.2) is 0 Å². The third kappa shape index (κ3) is 6.32. The Morgan fingerprint density at radius 2 is 1.62 bits per heavy atom. The zero-order valence-electron chi connectivity index (χ0n) is 26.2. The fourth-order valence-electron chi connectivity index (χ4n) is 6.14. The number of piperidine rings is 1. The molecule has 2 amide bonds. The fraction of sp³-hybridized carbons (Fsp3) is 0.500. The third-order valence-electron chi connectivity index (χ3n) is 8.55. The second-order valence-corrected chi connectivity index (χ2v) is 13.0. The first-order valence-electron chi connectivity index (χ1n) is 15.2. The largest absolute Gasteiger partial charge is 0.444 e. The number of rotatable bonds is 4. The van der Waals surface area contributed by atoms with Gasteiger partial charge in [0.05, 0.1) is 23.1 Å². The summed E-state index contributed by atoms with van der Waals surface area (Å²) < 4.78 is 7.58. The maximum Gasteiger partial charge on any atom is 0.410 e. The normalized spacial score (nSPS) is 18.4. The van der Waals surface area contributed by atoms with Crippen molar-refractivity contribution in [1.29, 1.82) is 0 Å². The number of carbonyl (C=O) groups excluding carboxylic acids is 2. The summed E-state index contributed by atoms with van der Waals surface area (Å²) in [5.74, 6) is 0.128. The van der Waals surface area contributed by atoms with E-state index in [1.54, 1.807) is 11.1 Å². The van der Waals surface area contributed by atoms with E-state index in [0.29, 0.717) is 31.7 Å². The standard InChI is InChI=1S/C34H45N5O3/c1-23-9-8-10-28(19-23)38-18-17-37(22-26(38)4)32(40)30-21-35-39(29-12-11-24(2)25(3)20-29)31(30)27-13-15-36(16-14-27)33(41)42-34(5,6)7/h8-12,19-21,26-27H,13-18,22H2,1-7H3/t26-/m0/s1. The number of benzene rings is 2. The van der Waals surface area contributed by atoms with E-state index in [1.807, 2.05) is 30.4 Å². The Balaban J connectivity index is 1.40. The first kappa shape index (κ1) is 29.7. The van der Waals surface area contributed by atoms with Crippen molar-refractivity contribution in [1.82, 2.24) is 19.6 Å². The third-order valence-corrected chi connectivity index (χ3v) is 8.55. The molecule has 2 aliphatic rings. The highest BCUT2D eigenvalue weighted by molar-refractivity contribution is 5.95. The smallest absolute Gasteiger partial charge is 0.410 e. The Kier molecular flexibility index (Phi) is 8.35. The first-order chi connectivity index (χ1) is 19.9. The van der Waals surface area contributed by atoms with Gasteiger partial charge in [0.2, 0.25) is 0 Å². The number of hydrogen-bond donors (Lipinski definition) is 0. The Bertz CT molecular complexity index is 1450. The molecule has 3 heterocycles. The van der Waals surface area contributed by atoms with E-state index in [4.69, 9.17) is 9.84 Å². The molecule has 5 rings (SSSR count). The van der Waals surface area contributed by atoms with Crippen LogP contribution in [-0.4, -0.2) is 75.9 Å². The summed E-state index contributed by atoms with van der Waals surface area (Å²) in [6, 6.07) is 15.1. The Labute approximate surface area is 250 Å². The van der Waals surface area contributed by atoms with Gasteiger partial charge in [-0.05, 0) is 102 Å². The number of aryl methyl sites for hydroxylation is 3. The SMILES string of the molecule is Cc1cccc(N2CCN(C(=O)c3cnn(-c4ccc(C)c(C)c4)c3C3CCN(C(=O)OC(C)(C)C)CC3)C[C@@H]2C)c1. The number of aromatic nitrogens is 2. The number of anilines is 1. The minimum absolute atomic E-state index is 0.0328. The van der Waals surface area contributed by atoms with Crippen molar-refractivity contribution in [2.75, 3.05) is 37.6 Å². The molecule has 8 nitrogen and oxygen atoms in total. The van der Waals surface area contributed by atoms with Crippen LogP contribution in [-0.2, 0) is 4.74 Å². The summed E-state index contributed by atoms with van der Waals surface area (Å²) in [6.45, 7) is 17.4. The van der Waals surface area contributed by atoms with Gasteiger partial charge in [-0.2, -0.15) is 5.10 Å². The molecule has 2 saturated heterocycles. The van der Waals surface area contributed by atoms with Gasteiger partial charge >= 0.3 is 6.09 Å². The van der Waals surface area contributed by atoms with Gasteiger partial charge < -0.3 is 19.4 Å². The predicted octanol–water partition coefficient (Wildman–Crippen LogP) is 6.26. The van der Waals surface area contributed by atoms with E-state index in [0.717, 1.165) is 30.8 Å². The molecule has 2 aliphatic heterocycles. The predicted molar refractivity (Wildman–Crippen MR) is 167 cm³/mol. The molecule has 3 aromatic rings. The molecule has 0 radical (unpaired) electrons. The van der Waals surface area contributed by atoms with Gasteiger partial charge in [0, 0.05) is 50.4 Å². The van der Waals surface area contributed by atoms with Gasteiger partial charge in [-0.3, -0.25) is 4.79 Å². The lowest BCUT2D eigenvalue weighted by Crippen LogP contribution is -2.54. The zero-order chi connectivity index (χ0) is 30.2. The number of amides is 2. The summed E-state index contributed by atoms with van der Waals surface area (Å²) in [4.78, 5) is 33.1. The maximum atomic E-state index is 14.2. The molecule has 8 heteroatoms. The number of nitrogens with zero attached hydrogens (tertiary/aromatic N) is 5. The summed E-state index contributed by atoms with van der Waals surface area (Å²) in [7, 11) is 0. The van der Waals surface area contributed by atoms with Gasteiger partial charge in [-0.15, -0.1) is 0 Å². The lowest BCUT2D eigenvalue weighted by molar-refractivity contribution is 0.0203. The number of piperazine rings is 1. The highest BCUT2D eigenvalue weighted by atomic mass is 16.6. The van der Waals surface area contributed by atoms with Crippen molar-refractivity contribution in [2.45, 2.75) is 78.9 Å². The van der Waals surface area contributed by atoms with Crippen LogP contribution in [0.3, 0.4) is 0 Å². The Hall–Kier alpha value is -3.81. The monoisotopic (exact) mass is 571 g/mol. The Morgan fingerprint density at radius 1 is 0.881 bits per heavy atom. The molecule has 2 fully saturated rings. The van der Waals surface area contributed by atoms with E-state index in [9.17, 15) is 9.59 Å². The van der Waals surface area contributed by atoms with Crippen molar-refractivity contribution in [2.24, 2.45) is 0 Å². The van der Waals surface area contributed by atoms with Gasteiger partial charge in [0.1, 0.15) is 5.60 Å². The van der Waals surface area contributed by atoms with E-state index >= 15 is 0 Å². The van der Waals surface area contributed by atoms with Crippen LogP contribution in [0.4, 0.5) is 10.5 Å². The van der Waals surface area contributed by atoms with Crippen LogP contribution in [0, 0.1) is 20.8 Å². The molecular weight excluding hydrogens is 526 g/mol. The number of likely N-dealkylation sites (tertiary alicyclic amines) is 1. The van der Waals surface area contributed by atoms with Crippen LogP contribution >= 0.6 is 0 Å². The van der Waals surface area contributed by atoms with Crippen LogP contribution in [0.5, 0.6) is 0 Å². The Morgan fingerprint density at radius 3 is 2.26 bits per heavy atom. The second-order valence-electron chi connectivity index (χ2n) is 13.0. The molecular formula is C34H45N5O3. The van der Waals surface area contributed by atoms with Gasteiger partial charge in [-0.25, -0.2) is 9.48 Å². The topological polar surface area (TPSA) is 70.9 Å². The summed E-state index contributed by atoms with van der Waals surface area (Å²) >= 11 is 0. The van der Waals surface area contributed by atoms with Crippen LogP contribution < -0.4 is 4.90 Å². The summed E-state index contributed by atoms with van der Waals surface area (Å²) in [5.41, 5.74) is 6.88. The van der Waals surface area contributed by atoms with Crippen LogP contribution in [0.1, 0.15) is 79.2 Å². The average molecular weight is 572 g/mol. The minimum atomic E-state index is -0.532. The number of ether oxygens (including phenoxy) is 1. The van der Waals surface area contributed by atoms with E-state index < -0.39 is 5.60 Å². The van der Waals surface area contributed by atoms with Crippen molar-refractivity contribution >= 4 is 17.7 Å². The highest BCUT2D eigenvalue weighted by Gasteiger charge is 2.35. The van der Waals surface area contributed by atoms with Crippen molar-refractivity contribution in [3.05, 3.63) is 76.6 Å².